The van der Waals surface area contributed by atoms with Gasteiger partial charge in [0.2, 0.25) is 0 Å². The van der Waals surface area contributed by atoms with Crippen LogP contribution in [0.25, 0.3) is 0 Å². The Kier molecular flexibility index (Phi) is 4.94. The minimum atomic E-state index is -3.73. The molecule has 0 spiro atoms. The van der Waals surface area contributed by atoms with Crippen LogP contribution < -0.4 is 10.0 Å². The molecular formula is C17H21N3O4S2. The fraction of sp³-hybridized carbons (Fsp3) is 0.353. The third-order valence-electron chi connectivity index (χ3n) is 4.24. The van der Waals surface area contributed by atoms with Gasteiger partial charge in [-0.1, -0.05) is 12.1 Å². The van der Waals surface area contributed by atoms with Gasteiger partial charge in [0, 0.05) is 6.04 Å². The highest BCUT2D eigenvalue weighted by atomic mass is 32.2. The molecule has 3 rings (SSSR count). The third kappa shape index (κ3) is 4.34. The molecule has 140 valence electrons. The predicted molar refractivity (Wildman–Crippen MR) is 102 cm³/mol. The molecule has 1 fully saturated rings. The molecule has 1 aliphatic heterocycles. The summed E-state index contributed by atoms with van der Waals surface area (Å²) in [7, 11) is -6.69. The number of aromatic nitrogens is 1. The van der Waals surface area contributed by atoms with Crippen LogP contribution >= 0.6 is 0 Å². The fourth-order valence-electron chi connectivity index (χ4n) is 2.87. The highest BCUT2D eigenvalue weighted by Gasteiger charge is 2.27. The summed E-state index contributed by atoms with van der Waals surface area (Å²) in [6.45, 7) is 3.57. The van der Waals surface area contributed by atoms with E-state index in [0.29, 0.717) is 17.7 Å². The van der Waals surface area contributed by atoms with Crippen molar-refractivity contribution in [3.05, 3.63) is 47.7 Å². The molecule has 0 bridgehead atoms. The van der Waals surface area contributed by atoms with E-state index in [-0.39, 0.29) is 28.3 Å². The van der Waals surface area contributed by atoms with Crippen LogP contribution in [0.1, 0.15) is 17.5 Å². The lowest BCUT2D eigenvalue weighted by atomic mass is 10.2. The third-order valence-corrected chi connectivity index (χ3v) is 7.50. The minimum absolute atomic E-state index is 0.105. The quantitative estimate of drug-likeness (QED) is 0.803. The first-order chi connectivity index (χ1) is 12.1. The van der Waals surface area contributed by atoms with Crippen LogP contribution in [0.4, 0.5) is 11.5 Å². The first kappa shape index (κ1) is 18.7. The average molecular weight is 396 g/mol. The Labute approximate surface area is 153 Å². The number of rotatable bonds is 5. The van der Waals surface area contributed by atoms with Gasteiger partial charge in [0.1, 0.15) is 5.82 Å². The van der Waals surface area contributed by atoms with Crippen molar-refractivity contribution in [1.82, 2.24) is 4.98 Å². The van der Waals surface area contributed by atoms with Crippen molar-refractivity contribution in [3.63, 3.8) is 0 Å². The van der Waals surface area contributed by atoms with Gasteiger partial charge in [-0.2, -0.15) is 0 Å². The number of anilines is 2. The average Bonchev–Trinajstić information content (AvgIpc) is 2.90. The summed E-state index contributed by atoms with van der Waals surface area (Å²) < 4.78 is 50.6. The number of hydrogen-bond acceptors (Lipinski definition) is 6. The van der Waals surface area contributed by atoms with E-state index in [4.69, 9.17) is 0 Å². The molecule has 9 heteroatoms. The number of benzene rings is 1. The van der Waals surface area contributed by atoms with Crippen LogP contribution in [0.3, 0.4) is 0 Å². The molecule has 1 atom stereocenters. The van der Waals surface area contributed by atoms with Gasteiger partial charge >= 0.3 is 0 Å². The monoisotopic (exact) mass is 395 g/mol. The number of sulfonamides is 1. The van der Waals surface area contributed by atoms with Gasteiger partial charge in [0.05, 0.1) is 28.3 Å². The fourth-order valence-corrected chi connectivity index (χ4v) is 5.89. The second kappa shape index (κ2) is 6.88. The zero-order chi connectivity index (χ0) is 18.9. The molecule has 1 saturated heterocycles. The summed E-state index contributed by atoms with van der Waals surface area (Å²) in [4.78, 5) is 4.34. The van der Waals surface area contributed by atoms with Gasteiger partial charge in [-0.3, -0.25) is 4.72 Å². The second-order valence-electron chi connectivity index (χ2n) is 6.55. The Morgan fingerprint density at radius 1 is 1.15 bits per heavy atom. The van der Waals surface area contributed by atoms with Gasteiger partial charge in [-0.15, -0.1) is 0 Å². The molecule has 0 radical (unpaired) electrons. The lowest BCUT2D eigenvalue weighted by Gasteiger charge is -2.13. The van der Waals surface area contributed by atoms with Crippen molar-refractivity contribution in [2.24, 2.45) is 0 Å². The minimum Gasteiger partial charge on any atom is -0.380 e. The lowest BCUT2D eigenvalue weighted by molar-refractivity contribution is 0.599. The van der Waals surface area contributed by atoms with Crippen molar-refractivity contribution < 1.29 is 16.8 Å². The summed E-state index contributed by atoms with van der Waals surface area (Å²) in [5, 5.41) is 3.12. The lowest BCUT2D eigenvalue weighted by Crippen LogP contribution is -2.20. The predicted octanol–water partition coefficient (Wildman–Crippen LogP) is 2.10. The number of hydrogen-bond donors (Lipinski definition) is 2. The Morgan fingerprint density at radius 2 is 1.92 bits per heavy atom. The van der Waals surface area contributed by atoms with Crippen molar-refractivity contribution in [1.29, 1.82) is 0 Å². The smallest absolute Gasteiger partial charge is 0.263 e. The molecule has 1 aromatic carbocycles. The maximum atomic E-state index is 12.6. The highest BCUT2D eigenvalue weighted by molar-refractivity contribution is 7.92. The van der Waals surface area contributed by atoms with Crippen LogP contribution in [0, 0.1) is 13.8 Å². The largest absolute Gasteiger partial charge is 0.380 e. The van der Waals surface area contributed by atoms with E-state index in [9.17, 15) is 16.8 Å². The maximum Gasteiger partial charge on any atom is 0.263 e. The Balaban J connectivity index is 1.72. The molecule has 1 unspecified atom stereocenters. The van der Waals surface area contributed by atoms with E-state index in [1.807, 2.05) is 13.0 Å². The number of pyridine rings is 1. The molecular weight excluding hydrogens is 374 g/mol. The van der Waals surface area contributed by atoms with E-state index in [0.717, 1.165) is 5.56 Å². The first-order valence-electron chi connectivity index (χ1n) is 8.18. The Bertz CT molecular complexity index is 1020. The number of nitrogens with one attached hydrogen (secondary N) is 2. The van der Waals surface area contributed by atoms with Crippen LogP contribution in [-0.2, 0) is 19.9 Å². The maximum absolute atomic E-state index is 12.6. The van der Waals surface area contributed by atoms with Gasteiger partial charge in [-0.05, 0) is 49.6 Å². The summed E-state index contributed by atoms with van der Waals surface area (Å²) >= 11 is 0. The summed E-state index contributed by atoms with van der Waals surface area (Å²) in [6.07, 6.45) is 2.05. The SMILES string of the molecule is Cc1ccc(C)c(S(=O)(=O)Nc2ccc(NC3CCS(=O)(=O)C3)cn2)c1. The Hall–Kier alpha value is -2.13. The van der Waals surface area contributed by atoms with E-state index in [1.165, 1.54) is 6.20 Å². The summed E-state index contributed by atoms with van der Waals surface area (Å²) in [5.74, 6) is 0.496. The molecule has 26 heavy (non-hydrogen) atoms. The van der Waals surface area contributed by atoms with E-state index in [1.54, 1.807) is 31.2 Å². The van der Waals surface area contributed by atoms with E-state index < -0.39 is 19.9 Å². The molecule has 2 aromatic rings. The first-order valence-corrected chi connectivity index (χ1v) is 11.5. The van der Waals surface area contributed by atoms with Gasteiger partial charge in [0.15, 0.2) is 9.84 Å². The summed E-state index contributed by atoms with van der Waals surface area (Å²) in [5.41, 5.74) is 2.17. The summed E-state index contributed by atoms with van der Waals surface area (Å²) in [6, 6.07) is 8.33. The molecule has 1 aromatic heterocycles. The molecule has 0 saturated carbocycles. The zero-order valence-corrected chi connectivity index (χ0v) is 16.2. The van der Waals surface area contributed by atoms with Crippen LogP contribution in [0.2, 0.25) is 0 Å². The molecule has 0 amide bonds. The van der Waals surface area contributed by atoms with Crippen LogP contribution in [-0.4, -0.2) is 39.4 Å². The molecule has 0 aliphatic carbocycles. The zero-order valence-electron chi connectivity index (χ0n) is 14.6. The molecule has 2 N–H and O–H groups in total. The number of aryl methyl sites for hydroxylation is 2. The van der Waals surface area contributed by atoms with Gasteiger partial charge in [0.25, 0.3) is 10.0 Å². The Morgan fingerprint density at radius 3 is 2.54 bits per heavy atom. The molecule has 1 aliphatic rings. The highest BCUT2D eigenvalue weighted by Crippen LogP contribution is 2.21. The number of nitrogens with zero attached hydrogens (tertiary/aromatic N) is 1. The van der Waals surface area contributed by atoms with E-state index in [2.05, 4.69) is 15.0 Å². The van der Waals surface area contributed by atoms with Crippen molar-refractivity contribution >= 4 is 31.4 Å². The van der Waals surface area contributed by atoms with Crippen LogP contribution in [0.15, 0.2) is 41.4 Å². The second-order valence-corrected chi connectivity index (χ2v) is 10.4. The number of sulfone groups is 1. The normalized spacial score (nSPS) is 19.2. The van der Waals surface area contributed by atoms with Gasteiger partial charge in [-0.25, -0.2) is 21.8 Å². The van der Waals surface area contributed by atoms with Gasteiger partial charge < -0.3 is 5.32 Å². The van der Waals surface area contributed by atoms with Crippen molar-refractivity contribution in [2.45, 2.75) is 31.2 Å². The molecule has 7 nitrogen and oxygen atoms in total. The van der Waals surface area contributed by atoms with E-state index >= 15 is 0 Å². The molecule has 2 heterocycles. The van der Waals surface area contributed by atoms with Crippen molar-refractivity contribution in [3.8, 4) is 0 Å². The standard InChI is InChI=1S/C17H21N3O4S2/c1-12-3-4-13(2)16(9-12)26(23,24)20-17-6-5-14(10-18-17)19-15-7-8-25(21,22)11-15/h3-6,9-10,15,19H,7-8,11H2,1-2H3,(H,18,20). The van der Waals surface area contributed by atoms with Crippen molar-refractivity contribution in [2.75, 3.05) is 21.5 Å². The topological polar surface area (TPSA) is 105 Å². The van der Waals surface area contributed by atoms with Crippen LogP contribution in [0.5, 0.6) is 0 Å².